The van der Waals surface area contributed by atoms with Crippen molar-refractivity contribution in [3.05, 3.63) is 30.1 Å². The highest BCUT2D eigenvalue weighted by molar-refractivity contribution is 7.92. The summed E-state index contributed by atoms with van der Waals surface area (Å²) in [6, 6.07) is 4.43. The summed E-state index contributed by atoms with van der Waals surface area (Å²) >= 11 is 0. The maximum Gasteiger partial charge on any atom is 0.235 e. The molecule has 106 valence electrons. The van der Waals surface area contributed by atoms with Crippen LogP contribution in [-0.2, 0) is 14.6 Å². The van der Waals surface area contributed by atoms with Crippen LogP contribution in [0.5, 0.6) is 0 Å². The van der Waals surface area contributed by atoms with E-state index in [9.17, 15) is 17.6 Å². The van der Waals surface area contributed by atoms with Crippen LogP contribution < -0.4 is 5.32 Å². The van der Waals surface area contributed by atoms with E-state index in [0.717, 1.165) is 37.1 Å². The molecule has 0 aliphatic heterocycles. The molecule has 19 heavy (non-hydrogen) atoms. The first-order chi connectivity index (χ1) is 8.89. The Labute approximate surface area is 112 Å². The third kappa shape index (κ3) is 4.63. The summed E-state index contributed by atoms with van der Waals surface area (Å²) in [5.74, 6) is -1.66. The van der Waals surface area contributed by atoms with Gasteiger partial charge in [-0.15, -0.1) is 0 Å². The van der Waals surface area contributed by atoms with Crippen molar-refractivity contribution in [2.75, 3.05) is 5.75 Å². The van der Waals surface area contributed by atoms with E-state index >= 15 is 0 Å². The molecule has 0 spiro atoms. The first-order valence-electron chi connectivity index (χ1n) is 6.16. The first kappa shape index (κ1) is 15.6. The van der Waals surface area contributed by atoms with Gasteiger partial charge >= 0.3 is 0 Å². The standard InChI is InChI=1S/C13H18FNO3S/c1-3-11(4-2)15-13(16)9-19(17,18)12-7-5-10(14)6-8-12/h5-8,11H,3-4,9H2,1-2H3,(H,15,16). The molecule has 1 N–H and O–H groups in total. The number of amides is 1. The minimum atomic E-state index is -3.72. The molecule has 0 radical (unpaired) electrons. The zero-order valence-corrected chi connectivity index (χ0v) is 11.8. The number of rotatable bonds is 6. The number of carbonyl (C=O) groups excluding carboxylic acids is 1. The summed E-state index contributed by atoms with van der Waals surface area (Å²) in [6.45, 7) is 3.84. The molecule has 1 aromatic carbocycles. The molecule has 0 saturated heterocycles. The smallest absolute Gasteiger partial charge is 0.235 e. The van der Waals surface area contributed by atoms with Crippen molar-refractivity contribution in [3.8, 4) is 0 Å². The molecule has 4 nitrogen and oxygen atoms in total. The fourth-order valence-corrected chi connectivity index (χ4v) is 2.81. The number of hydrogen-bond acceptors (Lipinski definition) is 3. The molecule has 0 bridgehead atoms. The van der Waals surface area contributed by atoms with Crippen molar-refractivity contribution in [3.63, 3.8) is 0 Å². The van der Waals surface area contributed by atoms with Crippen molar-refractivity contribution < 1.29 is 17.6 Å². The maximum absolute atomic E-state index is 12.7. The van der Waals surface area contributed by atoms with Gasteiger partial charge in [0.05, 0.1) is 4.90 Å². The van der Waals surface area contributed by atoms with E-state index < -0.39 is 27.3 Å². The van der Waals surface area contributed by atoms with Crippen LogP contribution in [0.4, 0.5) is 4.39 Å². The van der Waals surface area contributed by atoms with Crippen LogP contribution >= 0.6 is 0 Å². The normalized spacial score (nSPS) is 11.6. The van der Waals surface area contributed by atoms with Gasteiger partial charge in [0.15, 0.2) is 9.84 Å². The topological polar surface area (TPSA) is 63.2 Å². The maximum atomic E-state index is 12.7. The molecule has 0 atom stereocenters. The van der Waals surface area contributed by atoms with Gasteiger partial charge in [-0.05, 0) is 37.1 Å². The van der Waals surface area contributed by atoms with E-state index in [2.05, 4.69) is 5.32 Å². The van der Waals surface area contributed by atoms with Gasteiger partial charge in [-0.2, -0.15) is 0 Å². The van der Waals surface area contributed by atoms with Crippen molar-refractivity contribution >= 4 is 15.7 Å². The molecule has 0 aliphatic carbocycles. The Morgan fingerprint density at radius 3 is 2.21 bits per heavy atom. The van der Waals surface area contributed by atoms with Crippen molar-refractivity contribution in [2.24, 2.45) is 0 Å². The van der Waals surface area contributed by atoms with Crippen LogP contribution in [-0.4, -0.2) is 26.1 Å². The van der Waals surface area contributed by atoms with Gasteiger partial charge in [-0.25, -0.2) is 12.8 Å². The highest BCUT2D eigenvalue weighted by Gasteiger charge is 2.20. The molecule has 6 heteroatoms. The quantitative estimate of drug-likeness (QED) is 0.813. The molecule has 0 aromatic heterocycles. The fraction of sp³-hybridized carbons (Fsp3) is 0.462. The number of nitrogens with one attached hydrogen (secondary N) is 1. The van der Waals surface area contributed by atoms with Crippen LogP contribution in [0.1, 0.15) is 26.7 Å². The lowest BCUT2D eigenvalue weighted by atomic mass is 10.2. The lowest BCUT2D eigenvalue weighted by Gasteiger charge is -2.14. The molecule has 1 aromatic rings. The third-order valence-corrected chi connectivity index (χ3v) is 4.48. The molecule has 0 unspecified atom stereocenters. The van der Waals surface area contributed by atoms with E-state index in [1.54, 1.807) is 0 Å². The predicted molar refractivity (Wildman–Crippen MR) is 71.0 cm³/mol. The number of carbonyl (C=O) groups is 1. The molecule has 0 heterocycles. The predicted octanol–water partition coefficient (Wildman–Crippen LogP) is 1.90. The summed E-state index contributed by atoms with van der Waals surface area (Å²) in [5.41, 5.74) is 0. The minimum absolute atomic E-state index is 0.0177. The van der Waals surface area contributed by atoms with Crippen molar-refractivity contribution in [1.29, 1.82) is 0 Å². The van der Waals surface area contributed by atoms with E-state index in [1.165, 1.54) is 0 Å². The van der Waals surface area contributed by atoms with Gasteiger partial charge in [0.25, 0.3) is 0 Å². The molecular formula is C13H18FNO3S. The Hall–Kier alpha value is -1.43. The van der Waals surface area contributed by atoms with Gasteiger partial charge in [0.2, 0.25) is 5.91 Å². The number of benzene rings is 1. The zero-order chi connectivity index (χ0) is 14.5. The van der Waals surface area contributed by atoms with Crippen LogP contribution in [0.2, 0.25) is 0 Å². The summed E-state index contributed by atoms with van der Waals surface area (Å²) in [4.78, 5) is 11.6. The van der Waals surface area contributed by atoms with Crippen LogP contribution in [0, 0.1) is 5.82 Å². The fourth-order valence-electron chi connectivity index (χ4n) is 1.66. The summed E-state index contributed by atoms with van der Waals surface area (Å²) < 4.78 is 36.6. The summed E-state index contributed by atoms with van der Waals surface area (Å²) in [7, 11) is -3.72. The van der Waals surface area contributed by atoms with Crippen LogP contribution in [0.3, 0.4) is 0 Å². The Bertz CT molecular complexity index is 521. The monoisotopic (exact) mass is 287 g/mol. The second-order valence-corrected chi connectivity index (χ2v) is 6.28. The van der Waals surface area contributed by atoms with Crippen LogP contribution in [0.25, 0.3) is 0 Å². The van der Waals surface area contributed by atoms with Gasteiger partial charge in [-0.1, -0.05) is 13.8 Å². The van der Waals surface area contributed by atoms with E-state index in [-0.39, 0.29) is 10.9 Å². The van der Waals surface area contributed by atoms with Gasteiger partial charge < -0.3 is 5.32 Å². The average molecular weight is 287 g/mol. The van der Waals surface area contributed by atoms with E-state index in [1.807, 2.05) is 13.8 Å². The minimum Gasteiger partial charge on any atom is -0.353 e. The second kappa shape index (κ2) is 6.65. The highest BCUT2D eigenvalue weighted by atomic mass is 32.2. The Morgan fingerprint density at radius 1 is 1.21 bits per heavy atom. The molecule has 0 saturated carbocycles. The number of hydrogen-bond donors (Lipinski definition) is 1. The SMILES string of the molecule is CCC(CC)NC(=O)CS(=O)(=O)c1ccc(F)cc1. The zero-order valence-electron chi connectivity index (χ0n) is 11.0. The van der Waals surface area contributed by atoms with Gasteiger partial charge in [0.1, 0.15) is 11.6 Å². The van der Waals surface area contributed by atoms with E-state index in [4.69, 9.17) is 0 Å². The first-order valence-corrected chi connectivity index (χ1v) is 7.82. The number of halogens is 1. The molecule has 1 amide bonds. The molecule has 1 rings (SSSR count). The third-order valence-electron chi connectivity index (χ3n) is 2.84. The Morgan fingerprint density at radius 2 is 1.74 bits per heavy atom. The lowest BCUT2D eigenvalue weighted by molar-refractivity contribution is -0.119. The molecule has 0 aliphatic rings. The second-order valence-electron chi connectivity index (χ2n) is 4.29. The Kier molecular flexibility index (Phi) is 5.47. The largest absolute Gasteiger partial charge is 0.353 e. The summed E-state index contributed by atoms with van der Waals surface area (Å²) in [6.07, 6.45) is 1.50. The summed E-state index contributed by atoms with van der Waals surface area (Å²) in [5, 5.41) is 2.66. The van der Waals surface area contributed by atoms with Gasteiger partial charge in [0, 0.05) is 6.04 Å². The van der Waals surface area contributed by atoms with E-state index in [0.29, 0.717) is 0 Å². The molecule has 0 fully saturated rings. The lowest BCUT2D eigenvalue weighted by Crippen LogP contribution is -2.37. The highest BCUT2D eigenvalue weighted by Crippen LogP contribution is 2.12. The molecular weight excluding hydrogens is 269 g/mol. The van der Waals surface area contributed by atoms with Gasteiger partial charge in [-0.3, -0.25) is 4.79 Å². The Balaban J connectivity index is 2.74. The van der Waals surface area contributed by atoms with Crippen molar-refractivity contribution in [1.82, 2.24) is 5.32 Å². The van der Waals surface area contributed by atoms with Crippen LogP contribution in [0.15, 0.2) is 29.2 Å². The van der Waals surface area contributed by atoms with Crippen molar-refractivity contribution in [2.45, 2.75) is 37.6 Å². The average Bonchev–Trinajstić information content (AvgIpc) is 2.35. The number of sulfone groups is 1.